The van der Waals surface area contributed by atoms with Gasteiger partial charge in [0.1, 0.15) is 5.82 Å². The first-order chi connectivity index (χ1) is 8.97. The standard InChI is InChI=1S/C14H17Cl2N3/c1-8(2)5-12(17)14-18-7-13(19-14)9-3-4-10(15)11(16)6-9/h3-4,6-8,12H,5,17H2,1-2H3,(H,18,19). The van der Waals surface area contributed by atoms with E-state index in [0.29, 0.717) is 16.0 Å². The van der Waals surface area contributed by atoms with Crippen LogP contribution in [0.2, 0.25) is 10.0 Å². The SMILES string of the molecule is CC(C)CC(N)c1ncc(-c2ccc(Cl)c(Cl)c2)[nH]1. The van der Waals surface area contributed by atoms with Crippen molar-refractivity contribution in [2.75, 3.05) is 0 Å². The van der Waals surface area contributed by atoms with E-state index in [1.54, 1.807) is 12.3 Å². The second-order valence-electron chi connectivity index (χ2n) is 5.05. The van der Waals surface area contributed by atoms with Crippen LogP contribution in [0.1, 0.15) is 32.1 Å². The fourth-order valence-electron chi connectivity index (χ4n) is 1.95. The topological polar surface area (TPSA) is 54.7 Å². The van der Waals surface area contributed by atoms with Crippen molar-refractivity contribution in [3.8, 4) is 11.3 Å². The third-order valence-electron chi connectivity index (χ3n) is 2.90. The van der Waals surface area contributed by atoms with Gasteiger partial charge in [0.05, 0.1) is 28.0 Å². The van der Waals surface area contributed by atoms with Crippen molar-refractivity contribution >= 4 is 23.2 Å². The monoisotopic (exact) mass is 297 g/mol. The molecule has 102 valence electrons. The largest absolute Gasteiger partial charge is 0.341 e. The Morgan fingerprint density at radius 2 is 2.00 bits per heavy atom. The number of nitrogens with two attached hydrogens (primary N) is 1. The van der Waals surface area contributed by atoms with Gasteiger partial charge in [-0.05, 0) is 24.5 Å². The second kappa shape index (κ2) is 5.95. The van der Waals surface area contributed by atoms with E-state index in [2.05, 4.69) is 23.8 Å². The number of hydrogen-bond acceptors (Lipinski definition) is 2. The van der Waals surface area contributed by atoms with Gasteiger partial charge >= 0.3 is 0 Å². The quantitative estimate of drug-likeness (QED) is 0.877. The minimum absolute atomic E-state index is 0.0727. The highest BCUT2D eigenvalue weighted by atomic mass is 35.5. The maximum atomic E-state index is 6.10. The number of halogens is 2. The normalized spacial score (nSPS) is 12.9. The van der Waals surface area contributed by atoms with Gasteiger partial charge in [0.15, 0.2) is 0 Å². The number of nitrogens with one attached hydrogen (secondary N) is 1. The molecule has 19 heavy (non-hydrogen) atoms. The van der Waals surface area contributed by atoms with Gasteiger partial charge < -0.3 is 10.7 Å². The molecule has 0 radical (unpaired) electrons. The van der Waals surface area contributed by atoms with Gasteiger partial charge in [-0.2, -0.15) is 0 Å². The van der Waals surface area contributed by atoms with Crippen LogP contribution >= 0.6 is 23.2 Å². The lowest BCUT2D eigenvalue weighted by Crippen LogP contribution is -2.14. The molecule has 0 spiro atoms. The Kier molecular flexibility index (Phi) is 4.50. The summed E-state index contributed by atoms with van der Waals surface area (Å²) in [5.74, 6) is 1.34. The molecule has 3 nitrogen and oxygen atoms in total. The number of hydrogen-bond donors (Lipinski definition) is 2. The average Bonchev–Trinajstić information content (AvgIpc) is 2.81. The van der Waals surface area contributed by atoms with Crippen molar-refractivity contribution in [2.45, 2.75) is 26.3 Å². The Bertz CT molecular complexity index is 564. The number of benzene rings is 1. The van der Waals surface area contributed by atoms with E-state index in [0.717, 1.165) is 23.5 Å². The molecule has 1 atom stereocenters. The molecule has 0 aliphatic heterocycles. The molecule has 0 aliphatic rings. The molecule has 5 heteroatoms. The highest BCUT2D eigenvalue weighted by Crippen LogP contribution is 2.28. The summed E-state index contributed by atoms with van der Waals surface area (Å²) < 4.78 is 0. The van der Waals surface area contributed by atoms with Crippen LogP contribution in [0.5, 0.6) is 0 Å². The van der Waals surface area contributed by atoms with Gasteiger partial charge in [0.25, 0.3) is 0 Å². The Balaban J connectivity index is 2.22. The van der Waals surface area contributed by atoms with Crippen LogP contribution in [0.25, 0.3) is 11.3 Å². The van der Waals surface area contributed by atoms with Gasteiger partial charge in [0.2, 0.25) is 0 Å². The zero-order chi connectivity index (χ0) is 14.0. The average molecular weight is 298 g/mol. The summed E-state index contributed by atoms with van der Waals surface area (Å²) in [5, 5.41) is 1.07. The fourth-order valence-corrected chi connectivity index (χ4v) is 2.25. The summed E-state index contributed by atoms with van der Waals surface area (Å²) in [6.07, 6.45) is 2.67. The zero-order valence-electron chi connectivity index (χ0n) is 11.0. The van der Waals surface area contributed by atoms with Crippen molar-refractivity contribution in [2.24, 2.45) is 11.7 Å². The van der Waals surface area contributed by atoms with Gasteiger partial charge in [-0.3, -0.25) is 0 Å². The van der Waals surface area contributed by atoms with Gasteiger partial charge in [0, 0.05) is 5.56 Å². The van der Waals surface area contributed by atoms with E-state index in [1.807, 2.05) is 12.1 Å². The molecule has 2 rings (SSSR count). The highest BCUT2D eigenvalue weighted by Gasteiger charge is 2.13. The summed E-state index contributed by atoms with van der Waals surface area (Å²) in [6, 6.07) is 5.42. The summed E-state index contributed by atoms with van der Waals surface area (Å²) in [4.78, 5) is 7.58. The number of H-pyrrole nitrogens is 1. The Morgan fingerprint density at radius 1 is 1.26 bits per heavy atom. The van der Waals surface area contributed by atoms with Crippen LogP contribution in [-0.2, 0) is 0 Å². The molecule has 3 N–H and O–H groups in total. The van der Waals surface area contributed by atoms with E-state index >= 15 is 0 Å². The maximum absolute atomic E-state index is 6.10. The van der Waals surface area contributed by atoms with Crippen molar-refractivity contribution in [3.63, 3.8) is 0 Å². The molecule has 1 heterocycles. The molecule has 0 bridgehead atoms. The van der Waals surface area contributed by atoms with E-state index in [-0.39, 0.29) is 6.04 Å². The third-order valence-corrected chi connectivity index (χ3v) is 3.64. The molecule has 0 aliphatic carbocycles. The van der Waals surface area contributed by atoms with E-state index < -0.39 is 0 Å². The number of nitrogens with zero attached hydrogens (tertiary/aromatic N) is 1. The maximum Gasteiger partial charge on any atom is 0.123 e. The van der Waals surface area contributed by atoms with E-state index in [1.165, 1.54) is 0 Å². The van der Waals surface area contributed by atoms with Crippen LogP contribution in [0.15, 0.2) is 24.4 Å². The first-order valence-corrected chi connectivity index (χ1v) is 6.99. The molecular formula is C14H17Cl2N3. The summed E-state index contributed by atoms with van der Waals surface area (Å²) in [5.41, 5.74) is 7.95. The minimum Gasteiger partial charge on any atom is -0.341 e. The second-order valence-corrected chi connectivity index (χ2v) is 5.86. The number of aromatic nitrogens is 2. The van der Waals surface area contributed by atoms with Gasteiger partial charge in [-0.15, -0.1) is 0 Å². The summed E-state index contributed by atoms with van der Waals surface area (Å²) >= 11 is 11.9. The minimum atomic E-state index is -0.0727. The van der Waals surface area contributed by atoms with Crippen molar-refractivity contribution in [3.05, 3.63) is 40.3 Å². The molecule has 1 aromatic heterocycles. The Morgan fingerprint density at radius 3 is 2.63 bits per heavy atom. The third kappa shape index (κ3) is 3.50. The predicted octanol–water partition coefficient (Wildman–Crippen LogP) is 4.43. The van der Waals surface area contributed by atoms with Gasteiger partial charge in [-0.1, -0.05) is 43.1 Å². The summed E-state index contributed by atoms with van der Waals surface area (Å²) in [6.45, 7) is 4.28. The van der Waals surface area contributed by atoms with Crippen molar-refractivity contribution < 1.29 is 0 Å². The molecule has 2 aromatic rings. The van der Waals surface area contributed by atoms with Crippen LogP contribution in [0.4, 0.5) is 0 Å². The number of rotatable bonds is 4. The lowest BCUT2D eigenvalue weighted by molar-refractivity contribution is 0.496. The van der Waals surface area contributed by atoms with Crippen molar-refractivity contribution in [1.29, 1.82) is 0 Å². The number of aromatic amines is 1. The van der Waals surface area contributed by atoms with E-state index in [9.17, 15) is 0 Å². The highest BCUT2D eigenvalue weighted by molar-refractivity contribution is 6.42. The molecule has 0 saturated heterocycles. The zero-order valence-corrected chi connectivity index (χ0v) is 12.5. The van der Waals surface area contributed by atoms with Crippen LogP contribution in [0.3, 0.4) is 0 Å². The Hall–Kier alpha value is -1.03. The molecule has 1 unspecified atom stereocenters. The van der Waals surface area contributed by atoms with Crippen LogP contribution in [-0.4, -0.2) is 9.97 Å². The molecule has 0 saturated carbocycles. The first-order valence-electron chi connectivity index (χ1n) is 6.23. The van der Waals surface area contributed by atoms with E-state index in [4.69, 9.17) is 28.9 Å². The fraction of sp³-hybridized carbons (Fsp3) is 0.357. The molecule has 1 aromatic carbocycles. The first kappa shape index (κ1) is 14.4. The Labute approximate surface area is 123 Å². The molecular weight excluding hydrogens is 281 g/mol. The lowest BCUT2D eigenvalue weighted by Gasteiger charge is -2.11. The van der Waals surface area contributed by atoms with Crippen molar-refractivity contribution in [1.82, 2.24) is 9.97 Å². The predicted molar refractivity (Wildman–Crippen MR) is 80.4 cm³/mol. The summed E-state index contributed by atoms with van der Waals surface area (Å²) in [7, 11) is 0. The van der Waals surface area contributed by atoms with Gasteiger partial charge in [-0.25, -0.2) is 4.98 Å². The smallest absolute Gasteiger partial charge is 0.123 e. The molecule has 0 amide bonds. The van der Waals surface area contributed by atoms with Crippen LogP contribution < -0.4 is 5.73 Å². The molecule has 0 fully saturated rings. The number of imidazole rings is 1. The lowest BCUT2D eigenvalue weighted by atomic mass is 10.0. The van der Waals surface area contributed by atoms with Crippen LogP contribution in [0, 0.1) is 5.92 Å².